The molecule has 2 aromatic carbocycles. The third-order valence-corrected chi connectivity index (χ3v) is 5.73. The van der Waals surface area contributed by atoms with E-state index >= 15 is 0 Å². The molecule has 1 saturated carbocycles. The third kappa shape index (κ3) is 3.84. The fourth-order valence-electron chi connectivity index (χ4n) is 3.74. The monoisotopic (exact) mass is 429 g/mol. The van der Waals surface area contributed by atoms with E-state index in [2.05, 4.69) is 25.8 Å². The summed E-state index contributed by atoms with van der Waals surface area (Å²) in [5.41, 5.74) is 3.54. The van der Waals surface area contributed by atoms with Gasteiger partial charge < -0.3 is 15.0 Å². The number of aromatic nitrogens is 6. The van der Waals surface area contributed by atoms with Crippen LogP contribution < -0.4 is 10.1 Å². The van der Waals surface area contributed by atoms with E-state index < -0.39 is 0 Å². The third-order valence-electron chi connectivity index (χ3n) is 5.73. The van der Waals surface area contributed by atoms with Crippen molar-refractivity contribution in [2.24, 2.45) is 0 Å². The maximum Gasteiger partial charge on any atom is 0.274 e. The van der Waals surface area contributed by atoms with E-state index in [1.54, 1.807) is 20.1 Å². The van der Waals surface area contributed by atoms with Gasteiger partial charge in [-0.3, -0.25) is 4.79 Å². The summed E-state index contributed by atoms with van der Waals surface area (Å²) in [6.45, 7) is 1.74. The number of fused-ring (bicyclic) bond motifs is 1. The van der Waals surface area contributed by atoms with Gasteiger partial charge in [0.25, 0.3) is 5.91 Å². The standard InChI is InChI=1S/C23H23N7O2/c1-14-27-28-29-30(14)21(12-15-5-3-8-18(11-15)32-2)23(31)24-17-9-10-19-20(13-17)26-22(25-19)16-6-4-7-16/h3,5,8-13,16H,4,6-7H2,1-2H3,(H,24,31)(H,25,26)/b21-12+. The zero-order valence-corrected chi connectivity index (χ0v) is 17.9. The number of carbonyl (C=O) groups is 1. The Balaban J connectivity index is 1.46. The lowest BCUT2D eigenvalue weighted by atomic mass is 9.85. The molecule has 162 valence electrons. The van der Waals surface area contributed by atoms with E-state index in [0.717, 1.165) is 22.4 Å². The van der Waals surface area contributed by atoms with Gasteiger partial charge in [-0.25, -0.2) is 4.98 Å². The summed E-state index contributed by atoms with van der Waals surface area (Å²) in [4.78, 5) is 21.4. The van der Waals surface area contributed by atoms with Crippen LogP contribution in [0.2, 0.25) is 0 Å². The van der Waals surface area contributed by atoms with Crippen LogP contribution in [0.25, 0.3) is 22.8 Å². The number of tetrazole rings is 1. The fourth-order valence-corrected chi connectivity index (χ4v) is 3.74. The lowest BCUT2D eigenvalue weighted by Crippen LogP contribution is -2.19. The largest absolute Gasteiger partial charge is 0.497 e. The number of benzene rings is 2. The molecule has 2 heterocycles. The molecule has 9 nitrogen and oxygen atoms in total. The number of methoxy groups -OCH3 is 1. The summed E-state index contributed by atoms with van der Waals surface area (Å²) in [6, 6.07) is 13.1. The van der Waals surface area contributed by atoms with Crippen LogP contribution in [-0.2, 0) is 4.79 Å². The van der Waals surface area contributed by atoms with E-state index in [1.807, 2.05) is 42.5 Å². The van der Waals surface area contributed by atoms with Gasteiger partial charge in [0.2, 0.25) is 0 Å². The molecule has 0 atom stereocenters. The van der Waals surface area contributed by atoms with Gasteiger partial charge in [-0.15, -0.1) is 5.10 Å². The highest BCUT2D eigenvalue weighted by atomic mass is 16.5. The minimum absolute atomic E-state index is 0.292. The molecule has 2 N–H and O–H groups in total. The Labute approximate surface area is 184 Å². The number of aromatic amines is 1. The lowest BCUT2D eigenvalue weighted by molar-refractivity contribution is -0.111. The van der Waals surface area contributed by atoms with Crippen molar-refractivity contribution < 1.29 is 9.53 Å². The normalized spacial score (nSPS) is 14.4. The van der Waals surface area contributed by atoms with Gasteiger partial charge in [-0.1, -0.05) is 18.6 Å². The first-order valence-corrected chi connectivity index (χ1v) is 10.5. The van der Waals surface area contributed by atoms with E-state index in [9.17, 15) is 4.79 Å². The molecular weight excluding hydrogens is 406 g/mol. The van der Waals surface area contributed by atoms with Crippen molar-refractivity contribution in [3.63, 3.8) is 0 Å². The van der Waals surface area contributed by atoms with Crippen molar-refractivity contribution in [1.29, 1.82) is 0 Å². The molecule has 1 aliphatic carbocycles. The van der Waals surface area contributed by atoms with Crippen LogP contribution in [0.3, 0.4) is 0 Å². The first kappa shape index (κ1) is 19.9. The first-order chi connectivity index (χ1) is 15.6. The van der Waals surface area contributed by atoms with Gasteiger partial charge in [0.15, 0.2) is 5.82 Å². The Kier molecular flexibility index (Phi) is 5.14. The van der Waals surface area contributed by atoms with Crippen LogP contribution in [0.4, 0.5) is 5.69 Å². The summed E-state index contributed by atoms with van der Waals surface area (Å²) >= 11 is 0. The van der Waals surface area contributed by atoms with Crippen molar-refractivity contribution in [2.45, 2.75) is 32.1 Å². The summed E-state index contributed by atoms with van der Waals surface area (Å²) in [6.07, 6.45) is 5.33. The second-order valence-corrected chi connectivity index (χ2v) is 7.88. The average molecular weight is 429 g/mol. The second-order valence-electron chi connectivity index (χ2n) is 7.88. The quantitative estimate of drug-likeness (QED) is 0.452. The molecule has 32 heavy (non-hydrogen) atoms. The van der Waals surface area contributed by atoms with Crippen molar-refractivity contribution >= 4 is 34.4 Å². The fraction of sp³-hybridized carbons (Fsp3) is 0.261. The molecule has 5 rings (SSSR count). The number of amides is 1. The van der Waals surface area contributed by atoms with Gasteiger partial charge in [0.1, 0.15) is 17.3 Å². The SMILES string of the molecule is COc1cccc(/C=C(\C(=O)Nc2ccc3nc(C4CCC4)[nH]c3c2)n2nnnc2C)c1. The maximum atomic E-state index is 13.3. The number of hydrogen-bond acceptors (Lipinski definition) is 6. The Morgan fingerprint density at radius 1 is 1.25 bits per heavy atom. The van der Waals surface area contributed by atoms with E-state index in [-0.39, 0.29) is 5.91 Å². The summed E-state index contributed by atoms with van der Waals surface area (Å²) in [5, 5.41) is 14.6. The van der Waals surface area contributed by atoms with Crippen LogP contribution in [0, 0.1) is 6.92 Å². The predicted octanol–water partition coefficient (Wildman–Crippen LogP) is 3.77. The van der Waals surface area contributed by atoms with Crippen molar-refractivity contribution in [1.82, 2.24) is 30.2 Å². The minimum Gasteiger partial charge on any atom is -0.497 e. The maximum absolute atomic E-state index is 13.3. The Morgan fingerprint density at radius 2 is 2.12 bits per heavy atom. The highest BCUT2D eigenvalue weighted by Crippen LogP contribution is 2.35. The average Bonchev–Trinajstić information content (AvgIpc) is 3.36. The Bertz CT molecular complexity index is 1320. The first-order valence-electron chi connectivity index (χ1n) is 10.5. The molecule has 1 aliphatic rings. The van der Waals surface area contributed by atoms with Crippen LogP contribution >= 0.6 is 0 Å². The highest BCUT2D eigenvalue weighted by Gasteiger charge is 2.23. The van der Waals surface area contributed by atoms with Crippen LogP contribution in [0.15, 0.2) is 42.5 Å². The molecule has 2 aromatic heterocycles. The molecule has 0 bridgehead atoms. The molecular formula is C23H23N7O2. The van der Waals surface area contributed by atoms with Crippen molar-refractivity contribution in [3.8, 4) is 5.75 Å². The number of nitrogens with zero attached hydrogens (tertiary/aromatic N) is 5. The van der Waals surface area contributed by atoms with E-state index in [1.165, 1.54) is 23.9 Å². The van der Waals surface area contributed by atoms with Gasteiger partial charge in [0, 0.05) is 11.6 Å². The van der Waals surface area contributed by atoms with E-state index in [4.69, 9.17) is 9.72 Å². The topological polar surface area (TPSA) is 111 Å². The minimum atomic E-state index is -0.332. The number of H-pyrrole nitrogens is 1. The van der Waals surface area contributed by atoms with Crippen molar-refractivity contribution in [3.05, 3.63) is 59.7 Å². The van der Waals surface area contributed by atoms with Crippen LogP contribution in [0.5, 0.6) is 5.75 Å². The number of hydrogen-bond donors (Lipinski definition) is 2. The van der Waals surface area contributed by atoms with Crippen LogP contribution in [-0.4, -0.2) is 43.2 Å². The number of aryl methyl sites for hydroxylation is 1. The zero-order chi connectivity index (χ0) is 22.1. The number of nitrogens with one attached hydrogen (secondary N) is 2. The second kappa shape index (κ2) is 8.26. The predicted molar refractivity (Wildman–Crippen MR) is 121 cm³/mol. The Morgan fingerprint density at radius 3 is 2.84 bits per heavy atom. The van der Waals surface area contributed by atoms with Gasteiger partial charge in [-0.2, -0.15) is 4.68 Å². The lowest BCUT2D eigenvalue weighted by Gasteiger charge is -2.22. The molecule has 1 fully saturated rings. The molecule has 0 unspecified atom stereocenters. The molecule has 9 heteroatoms. The number of ether oxygens (including phenoxy) is 1. The molecule has 1 amide bonds. The Hall–Kier alpha value is -4.01. The number of rotatable bonds is 6. The summed E-state index contributed by atoms with van der Waals surface area (Å²) in [7, 11) is 1.60. The molecule has 0 radical (unpaired) electrons. The zero-order valence-electron chi connectivity index (χ0n) is 17.9. The molecule has 0 saturated heterocycles. The van der Waals surface area contributed by atoms with Crippen molar-refractivity contribution in [2.75, 3.05) is 12.4 Å². The summed E-state index contributed by atoms with van der Waals surface area (Å²) < 4.78 is 6.71. The summed E-state index contributed by atoms with van der Waals surface area (Å²) in [5.74, 6) is 2.40. The molecule has 0 aliphatic heterocycles. The van der Waals surface area contributed by atoms with Gasteiger partial charge >= 0.3 is 0 Å². The van der Waals surface area contributed by atoms with Crippen LogP contribution in [0.1, 0.15) is 42.4 Å². The van der Waals surface area contributed by atoms with Gasteiger partial charge in [-0.05, 0) is 72.2 Å². The highest BCUT2D eigenvalue weighted by molar-refractivity contribution is 6.24. The number of carbonyl (C=O) groups excluding carboxylic acids is 1. The number of imidazole rings is 1. The van der Waals surface area contributed by atoms with E-state index in [0.29, 0.717) is 28.9 Å². The molecule has 4 aromatic rings. The number of anilines is 1. The van der Waals surface area contributed by atoms with Gasteiger partial charge in [0.05, 0.1) is 18.1 Å². The molecule has 0 spiro atoms. The smallest absolute Gasteiger partial charge is 0.274 e.